The number of ketones is 1. The summed E-state index contributed by atoms with van der Waals surface area (Å²) in [5.41, 5.74) is 1.75. The lowest BCUT2D eigenvalue weighted by atomic mass is 9.76. The van der Waals surface area contributed by atoms with Gasteiger partial charge in [-0.1, -0.05) is 44.7 Å². The molecule has 0 N–H and O–H groups in total. The fourth-order valence-electron chi connectivity index (χ4n) is 3.16. The number of carbonyl (C=O) groups is 1. The van der Waals surface area contributed by atoms with Crippen molar-refractivity contribution < 1.29 is 4.79 Å². The van der Waals surface area contributed by atoms with Crippen molar-refractivity contribution in [2.75, 3.05) is 0 Å². The predicted octanol–water partition coefficient (Wildman–Crippen LogP) is 4.59. The molecule has 1 aliphatic rings. The highest BCUT2D eigenvalue weighted by Crippen LogP contribution is 2.35. The number of nitrogens with zero attached hydrogens (tertiary/aromatic N) is 1. The van der Waals surface area contributed by atoms with Crippen LogP contribution >= 0.6 is 0 Å². The summed E-state index contributed by atoms with van der Waals surface area (Å²) in [6.45, 7) is 2.22. The van der Waals surface area contributed by atoms with Crippen molar-refractivity contribution in [3.63, 3.8) is 0 Å². The van der Waals surface area contributed by atoms with E-state index in [-0.39, 0.29) is 5.92 Å². The Bertz CT molecular complexity index is 483. The van der Waals surface area contributed by atoms with Gasteiger partial charge in [-0.05, 0) is 36.5 Å². The van der Waals surface area contributed by atoms with Gasteiger partial charge in [0, 0.05) is 12.3 Å². The average molecular weight is 269 g/mol. The number of unbranched alkanes of at least 4 members (excludes halogenated alkanes) is 2. The van der Waals surface area contributed by atoms with Gasteiger partial charge in [-0.25, -0.2) is 0 Å². The zero-order chi connectivity index (χ0) is 14.4. The maximum Gasteiger partial charge on any atom is 0.140 e. The smallest absolute Gasteiger partial charge is 0.140 e. The zero-order valence-electron chi connectivity index (χ0n) is 12.3. The molecule has 0 heterocycles. The highest BCUT2D eigenvalue weighted by Gasteiger charge is 2.29. The van der Waals surface area contributed by atoms with E-state index in [2.05, 4.69) is 13.0 Å². The third-order valence-corrected chi connectivity index (χ3v) is 4.40. The van der Waals surface area contributed by atoms with Gasteiger partial charge in [-0.3, -0.25) is 4.79 Å². The molecular weight excluding hydrogens is 246 g/mol. The quantitative estimate of drug-likeness (QED) is 0.733. The molecule has 0 aliphatic heterocycles. The van der Waals surface area contributed by atoms with Crippen LogP contribution in [0.2, 0.25) is 0 Å². The minimum Gasteiger partial charge on any atom is -0.299 e. The van der Waals surface area contributed by atoms with E-state index in [1.54, 1.807) is 0 Å². The lowest BCUT2D eigenvalue weighted by molar-refractivity contribution is -0.123. The van der Waals surface area contributed by atoms with E-state index in [4.69, 9.17) is 5.26 Å². The molecule has 20 heavy (non-hydrogen) atoms. The van der Waals surface area contributed by atoms with Crippen LogP contribution in [0.4, 0.5) is 0 Å². The van der Waals surface area contributed by atoms with Gasteiger partial charge in [-0.15, -0.1) is 0 Å². The molecule has 2 rings (SSSR count). The second-order valence-electron chi connectivity index (χ2n) is 5.90. The number of rotatable bonds is 5. The van der Waals surface area contributed by atoms with Crippen molar-refractivity contribution in [3.05, 3.63) is 35.4 Å². The lowest BCUT2D eigenvalue weighted by Gasteiger charge is -2.27. The van der Waals surface area contributed by atoms with E-state index in [1.807, 2.05) is 24.3 Å². The molecule has 2 nitrogen and oxygen atoms in total. The molecule has 0 spiro atoms. The summed E-state index contributed by atoms with van der Waals surface area (Å²) in [5, 5.41) is 8.81. The minimum atomic E-state index is 0.0603. The van der Waals surface area contributed by atoms with E-state index in [0.29, 0.717) is 17.3 Å². The maximum absolute atomic E-state index is 12.3. The second kappa shape index (κ2) is 7.24. The van der Waals surface area contributed by atoms with Crippen LogP contribution in [0.3, 0.4) is 0 Å². The van der Waals surface area contributed by atoms with E-state index < -0.39 is 0 Å². The summed E-state index contributed by atoms with van der Waals surface area (Å²) < 4.78 is 0. The van der Waals surface area contributed by atoms with Crippen LogP contribution in [0, 0.1) is 17.2 Å². The van der Waals surface area contributed by atoms with Crippen molar-refractivity contribution in [1.29, 1.82) is 5.26 Å². The normalized spacial score (nSPS) is 22.5. The number of Topliss-reactive ketones (excluding diaryl/α,β-unsaturated/α-hetero) is 1. The van der Waals surface area contributed by atoms with Gasteiger partial charge in [0.05, 0.1) is 11.6 Å². The lowest BCUT2D eigenvalue weighted by Crippen LogP contribution is -2.23. The standard InChI is InChI=1S/C18H23NO/c1-2-3-4-5-14-8-11-17(18(20)12-14)16-9-6-15(13-19)7-10-16/h6-7,9-10,14,17H,2-5,8,11-12H2,1H3/t14-,17+/m1/s1. The molecule has 0 saturated heterocycles. The molecule has 2 atom stereocenters. The first kappa shape index (κ1) is 14.8. The van der Waals surface area contributed by atoms with E-state index >= 15 is 0 Å². The van der Waals surface area contributed by atoms with Gasteiger partial charge < -0.3 is 0 Å². The number of hydrogen-bond donors (Lipinski definition) is 0. The molecule has 106 valence electrons. The first-order valence-electron chi connectivity index (χ1n) is 7.77. The Morgan fingerprint density at radius 1 is 1.20 bits per heavy atom. The van der Waals surface area contributed by atoms with Gasteiger partial charge in [0.15, 0.2) is 0 Å². The van der Waals surface area contributed by atoms with Crippen LogP contribution in [-0.4, -0.2) is 5.78 Å². The Labute approximate surface area is 121 Å². The summed E-state index contributed by atoms with van der Waals surface area (Å²) in [7, 11) is 0. The summed E-state index contributed by atoms with van der Waals surface area (Å²) in [4.78, 5) is 12.3. The maximum atomic E-state index is 12.3. The van der Waals surface area contributed by atoms with Crippen LogP contribution in [-0.2, 0) is 4.79 Å². The van der Waals surface area contributed by atoms with Crippen molar-refractivity contribution in [3.8, 4) is 6.07 Å². The fourth-order valence-corrected chi connectivity index (χ4v) is 3.16. The summed E-state index contributed by atoms with van der Waals surface area (Å²) in [6.07, 6.45) is 7.88. The van der Waals surface area contributed by atoms with Gasteiger partial charge >= 0.3 is 0 Å². The molecule has 0 bridgehead atoms. The molecule has 0 amide bonds. The Hall–Kier alpha value is -1.62. The molecule has 1 aromatic carbocycles. The fraction of sp³-hybridized carbons (Fsp3) is 0.556. The predicted molar refractivity (Wildman–Crippen MR) is 80.4 cm³/mol. The second-order valence-corrected chi connectivity index (χ2v) is 5.90. The Kier molecular flexibility index (Phi) is 5.35. The SMILES string of the molecule is CCCCC[C@@H]1CC[C@@H](c2ccc(C#N)cc2)C(=O)C1. The minimum absolute atomic E-state index is 0.0603. The highest BCUT2D eigenvalue weighted by atomic mass is 16.1. The number of hydrogen-bond acceptors (Lipinski definition) is 2. The average Bonchev–Trinajstić information content (AvgIpc) is 2.48. The Morgan fingerprint density at radius 2 is 1.95 bits per heavy atom. The van der Waals surface area contributed by atoms with Crippen molar-refractivity contribution in [2.24, 2.45) is 5.92 Å². The molecule has 1 saturated carbocycles. The third kappa shape index (κ3) is 3.70. The molecule has 2 heteroatoms. The summed E-state index contributed by atoms with van der Waals surface area (Å²) >= 11 is 0. The van der Waals surface area contributed by atoms with Crippen LogP contribution < -0.4 is 0 Å². The molecule has 1 fully saturated rings. The molecule has 0 unspecified atom stereocenters. The molecule has 0 aromatic heterocycles. The number of carbonyl (C=O) groups excluding carboxylic acids is 1. The van der Waals surface area contributed by atoms with Gasteiger partial charge in [0.1, 0.15) is 5.78 Å². The topological polar surface area (TPSA) is 40.9 Å². The van der Waals surface area contributed by atoms with Gasteiger partial charge in [0.2, 0.25) is 0 Å². The first-order chi connectivity index (χ1) is 9.74. The molecule has 0 radical (unpaired) electrons. The van der Waals surface area contributed by atoms with Gasteiger partial charge in [-0.2, -0.15) is 5.26 Å². The number of nitriles is 1. The van der Waals surface area contributed by atoms with E-state index in [1.165, 1.54) is 32.1 Å². The van der Waals surface area contributed by atoms with Crippen molar-refractivity contribution in [2.45, 2.75) is 57.8 Å². The van der Waals surface area contributed by atoms with Crippen molar-refractivity contribution in [1.82, 2.24) is 0 Å². The monoisotopic (exact) mass is 269 g/mol. The van der Waals surface area contributed by atoms with E-state index in [9.17, 15) is 4.79 Å². The Morgan fingerprint density at radius 3 is 2.55 bits per heavy atom. The molecular formula is C18H23NO. The van der Waals surface area contributed by atoms with Crippen LogP contribution in [0.1, 0.15) is 68.9 Å². The highest BCUT2D eigenvalue weighted by molar-refractivity contribution is 5.86. The largest absolute Gasteiger partial charge is 0.299 e. The van der Waals surface area contributed by atoms with Crippen LogP contribution in [0.5, 0.6) is 0 Å². The zero-order valence-corrected chi connectivity index (χ0v) is 12.3. The van der Waals surface area contributed by atoms with Crippen molar-refractivity contribution >= 4 is 5.78 Å². The van der Waals surface area contributed by atoms with Gasteiger partial charge in [0.25, 0.3) is 0 Å². The Balaban J connectivity index is 1.92. The first-order valence-corrected chi connectivity index (χ1v) is 7.77. The third-order valence-electron chi connectivity index (χ3n) is 4.40. The summed E-state index contributed by atoms with van der Waals surface area (Å²) in [5.74, 6) is 1.05. The van der Waals surface area contributed by atoms with Crippen LogP contribution in [0.15, 0.2) is 24.3 Å². The van der Waals surface area contributed by atoms with Crippen LogP contribution in [0.25, 0.3) is 0 Å². The molecule has 1 aromatic rings. The number of benzene rings is 1. The molecule has 1 aliphatic carbocycles. The van der Waals surface area contributed by atoms with E-state index in [0.717, 1.165) is 18.4 Å². The summed E-state index contributed by atoms with van der Waals surface area (Å²) in [6, 6.07) is 9.64.